The second-order valence-corrected chi connectivity index (χ2v) is 16.5. The van der Waals surface area contributed by atoms with Crippen LogP contribution in [0.3, 0.4) is 0 Å². The number of aliphatic imine (C=N–C) groups is 1. The summed E-state index contributed by atoms with van der Waals surface area (Å²) >= 11 is 0. The van der Waals surface area contributed by atoms with E-state index in [1.807, 2.05) is 30.3 Å². The maximum Gasteiger partial charge on any atom is 0.229 e. The van der Waals surface area contributed by atoms with Crippen LogP contribution in [0.2, 0.25) is 0 Å². The van der Waals surface area contributed by atoms with Crippen molar-refractivity contribution in [2.45, 2.75) is 72.6 Å². The molecule has 262 valence electrons. The highest BCUT2D eigenvalue weighted by Crippen LogP contribution is 2.42. The summed E-state index contributed by atoms with van der Waals surface area (Å²) in [4.78, 5) is 10.3. The van der Waals surface area contributed by atoms with E-state index in [-0.39, 0.29) is 16.6 Å². The molecule has 0 bridgehead atoms. The fourth-order valence-electron chi connectivity index (χ4n) is 6.84. The molecule has 0 aliphatic heterocycles. The van der Waals surface area contributed by atoms with Gasteiger partial charge in [-0.2, -0.15) is 0 Å². The maximum absolute atomic E-state index is 10.8. The van der Waals surface area contributed by atoms with Gasteiger partial charge in [-0.25, -0.2) is 4.98 Å². The van der Waals surface area contributed by atoms with Crippen LogP contribution in [-0.4, -0.2) is 16.3 Å². The van der Waals surface area contributed by atoms with E-state index in [1.165, 1.54) is 22.3 Å². The van der Waals surface area contributed by atoms with Crippen molar-refractivity contribution in [3.8, 4) is 39.5 Å². The molecule has 4 nitrogen and oxygen atoms in total. The van der Waals surface area contributed by atoms with E-state index in [9.17, 15) is 5.11 Å². The standard InChI is InChI=1S/C48H48N2O2/c1-30(2)23-31-13-11-15-33(24-31)34-16-12-17-35(25-34)41-27-38(48(6,7)8)28-43-45(41)50-46(52-43)40-21-19-32-14-9-10-18-39(32)44(40)49-29-36-26-37(47(3,4)5)20-22-42(36)51/h9-22,24-30,51H,23H2,1-8H3. The Hall–Kier alpha value is -5.48. The predicted octanol–water partition coefficient (Wildman–Crippen LogP) is 13.2. The highest BCUT2D eigenvalue weighted by molar-refractivity contribution is 6.03. The van der Waals surface area contributed by atoms with Crippen molar-refractivity contribution in [2.24, 2.45) is 10.9 Å². The lowest BCUT2D eigenvalue weighted by Crippen LogP contribution is -2.11. The first kappa shape index (κ1) is 34.9. The fraction of sp³-hybridized carbons (Fsp3) is 0.250. The van der Waals surface area contributed by atoms with E-state index < -0.39 is 0 Å². The molecular formula is C48H48N2O2. The summed E-state index contributed by atoms with van der Waals surface area (Å²) < 4.78 is 6.71. The largest absolute Gasteiger partial charge is 0.507 e. The Kier molecular flexibility index (Phi) is 9.12. The number of phenols is 1. The van der Waals surface area contributed by atoms with Gasteiger partial charge in [-0.1, -0.05) is 134 Å². The van der Waals surface area contributed by atoms with Crippen molar-refractivity contribution >= 4 is 33.8 Å². The maximum atomic E-state index is 10.8. The van der Waals surface area contributed by atoms with E-state index in [4.69, 9.17) is 14.4 Å². The highest BCUT2D eigenvalue weighted by atomic mass is 16.3. The second kappa shape index (κ2) is 13.6. The third kappa shape index (κ3) is 7.16. The highest BCUT2D eigenvalue weighted by Gasteiger charge is 2.23. The summed E-state index contributed by atoms with van der Waals surface area (Å²) in [6, 6.07) is 40.1. The van der Waals surface area contributed by atoms with Crippen molar-refractivity contribution in [2.75, 3.05) is 0 Å². The summed E-state index contributed by atoms with van der Waals surface area (Å²) in [6.07, 6.45) is 2.80. The molecular weight excluding hydrogens is 637 g/mol. The molecule has 6 aromatic carbocycles. The van der Waals surface area contributed by atoms with Gasteiger partial charge >= 0.3 is 0 Å². The van der Waals surface area contributed by atoms with Crippen LogP contribution in [0, 0.1) is 5.92 Å². The lowest BCUT2D eigenvalue weighted by Gasteiger charge is -2.20. The third-order valence-electron chi connectivity index (χ3n) is 9.80. The molecule has 0 atom stereocenters. The minimum Gasteiger partial charge on any atom is -0.507 e. The van der Waals surface area contributed by atoms with Crippen molar-refractivity contribution in [1.82, 2.24) is 4.98 Å². The van der Waals surface area contributed by atoms with Gasteiger partial charge in [0.1, 0.15) is 11.3 Å². The fourth-order valence-corrected chi connectivity index (χ4v) is 6.84. The van der Waals surface area contributed by atoms with Crippen LogP contribution >= 0.6 is 0 Å². The van der Waals surface area contributed by atoms with Gasteiger partial charge in [0.05, 0.1) is 11.3 Å². The monoisotopic (exact) mass is 684 g/mol. The number of aromatic nitrogens is 1. The van der Waals surface area contributed by atoms with Gasteiger partial charge in [-0.15, -0.1) is 0 Å². The third-order valence-corrected chi connectivity index (χ3v) is 9.80. The van der Waals surface area contributed by atoms with Gasteiger partial charge in [0, 0.05) is 22.7 Å². The summed E-state index contributed by atoms with van der Waals surface area (Å²) in [5, 5.41) is 12.9. The number of rotatable bonds is 7. The van der Waals surface area contributed by atoms with Crippen LogP contribution in [-0.2, 0) is 17.3 Å². The predicted molar refractivity (Wildman–Crippen MR) is 219 cm³/mol. The normalized spacial score (nSPS) is 12.5. The molecule has 0 saturated carbocycles. The van der Waals surface area contributed by atoms with Crippen molar-refractivity contribution in [3.05, 3.63) is 138 Å². The van der Waals surface area contributed by atoms with E-state index in [2.05, 4.69) is 134 Å². The molecule has 1 heterocycles. The number of fused-ring (bicyclic) bond motifs is 2. The van der Waals surface area contributed by atoms with Crippen LogP contribution in [0.4, 0.5) is 5.69 Å². The molecule has 0 aliphatic rings. The number of hydrogen-bond acceptors (Lipinski definition) is 4. The second-order valence-electron chi connectivity index (χ2n) is 16.5. The Balaban J connectivity index is 1.39. The van der Waals surface area contributed by atoms with Gasteiger partial charge in [0.25, 0.3) is 0 Å². The van der Waals surface area contributed by atoms with Crippen LogP contribution in [0.25, 0.3) is 55.6 Å². The SMILES string of the molecule is CC(C)Cc1cccc(-c2cccc(-c3cc(C(C)(C)C)cc4oc(-c5ccc6ccccc6c5N=Cc5cc(C(C)(C)C)ccc5O)nc34)c2)c1. The molecule has 0 aliphatic carbocycles. The topological polar surface area (TPSA) is 58.6 Å². The van der Waals surface area contributed by atoms with Gasteiger partial charge in [0.15, 0.2) is 5.58 Å². The zero-order valence-electron chi connectivity index (χ0n) is 31.6. The molecule has 7 rings (SSSR count). The molecule has 0 amide bonds. The Morgan fingerprint density at radius 1 is 0.692 bits per heavy atom. The summed E-state index contributed by atoms with van der Waals surface area (Å²) in [6.45, 7) is 17.7. The Morgan fingerprint density at radius 2 is 1.40 bits per heavy atom. The molecule has 0 saturated heterocycles. The minimum atomic E-state index is -0.110. The summed E-state index contributed by atoms with van der Waals surface area (Å²) in [5.41, 5.74) is 11.7. The van der Waals surface area contributed by atoms with Crippen molar-refractivity contribution in [3.63, 3.8) is 0 Å². The molecule has 1 N–H and O–H groups in total. The summed E-state index contributed by atoms with van der Waals surface area (Å²) in [5.74, 6) is 1.29. The van der Waals surface area contributed by atoms with E-state index >= 15 is 0 Å². The molecule has 0 radical (unpaired) electrons. The first-order valence-electron chi connectivity index (χ1n) is 18.3. The van der Waals surface area contributed by atoms with Gasteiger partial charge in [0.2, 0.25) is 5.89 Å². The molecule has 0 fully saturated rings. The van der Waals surface area contributed by atoms with E-state index in [0.29, 0.717) is 17.4 Å². The lowest BCUT2D eigenvalue weighted by molar-refractivity contribution is 0.473. The van der Waals surface area contributed by atoms with Crippen LogP contribution in [0.15, 0.2) is 125 Å². The number of oxazole rings is 1. The average molecular weight is 685 g/mol. The zero-order valence-corrected chi connectivity index (χ0v) is 31.6. The Morgan fingerprint density at radius 3 is 2.15 bits per heavy atom. The van der Waals surface area contributed by atoms with E-state index in [0.717, 1.165) is 56.2 Å². The molecule has 0 spiro atoms. The minimum absolute atomic E-state index is 0.0694. The smallest absolute Gasteiger partial charge is 0.229 e. The van der Waals surface area contributed by atoms with Crippen molar-refractivity contribution in [1.29, 1.82) is 0 Å². The zero-order chi connectivity index (χ0) is 36.8. The molecule has 0 unspecified atom stereocenters. The summed E-state index contributed by atoms with van der Waals surface area (Å²) in [7, 11) is 0. The Labute approximate surface area is 307 Å². The lowest BCUT2D eigenvalue weighted by atomic mass is 9.84. The number of phenolic OH excluding ortho intramolecular Hbond substituents is 1. The van der Waals surface area contributed by atoms with Gasteiger partial charge < -0.3 is 9.52 Å². The first-order valence-corrected chi connectivity index (χ1v) is 18.3. The van der Waals surface area contributed by atoms with Crippen LogP contribution in [0.1, 0.15) is 77.6 Å². The number of benzene rings is 6. The molecule has 1 aromatic heterocycles. The van der Waals surface area contributed by atoms with Crippen LogP contribution in [0.5, 0.6) is 5.75 Å². The van der Waals surface area contributed by atoms with Gasteiger partial charge in [-0.05, 0) is 98.3 Å². The average Bonchev–Trinajstić information content (AvgIpc) is 3.54. The first-order chi connectivity index (χ1) is 24.7. The molecule has 52 heavy (non-hydrogen) atoms. The Bertz CT molecular complexity index is 2450. The number of nitrogens with zero attached hydrogens (tertiary/aromatic N) is 2. The van der Waals surface area contributed by atoms with E-state index in [1.54, 1.807) is 12.3 Å². The molecule has 7 aromatic rings. The van der Waals surface area contributed by atoms with Crippen molar-refractivity contribution < 1.29 is 9.52 Å². The quantitative estimate of drug-likeness (QED) is 0.170. The number of aromatic hydroxyl groups is 1. The van der Waals surface area contributed by atoms with Gasteiger partial charge in [-0.3, -0.25) is 4.99 Å². The number of hydrogen-bond donors (Lipinski definition) is 1. The molecule has 4 heteroatoms. The van der Waals surface area contributed by atoms with Crippen LogP contribution < -0.4 is 0 Å².